The van der Waals surface area contributed by atoms with Crippen LogP contribution in [0.4, 0.5) is 0 Å². The molecule has 0 radical (unpaired) electrons. The molecule has 144 valence electrons. The van der Waals surface area contributed by atoms with Gasteiger partial charge in [-0.05, 0) is 42.7 Å². The molecule has 2 aliphatic heterocycles. The van der Waals surface area contributed by atoms with Gasteiger partial charge in [-0.15, -0.1) is 11.8 Å². The van der Waals surface area contributed by atoms with Crippen LogP contribution in [0.3, 0.4) is 0 Å². The maximum atomic E-state index is 12.2. The molecule has 1 unspecified atom stereocenters. The van der Waals surface area contributed by atoms with Crippen molar-refractivity contribution in [2.24, 2.45) is 10.9 Å². The highest BCUT2D eigenvalue weighted by Crippen LogP contribution is 2.43. The zero-order valence-corrected chi connectivity index (χ0v) is 16.6. The average Bonchev–Trinajstić information content (AvgIpc) is 3.34. The predicted octanol–water partition coefficient (Wildman–Crippen LogP) is 4.14. The number of esters is 1. The summed E-state index contributed by atoms with van der Waals surface area (Å²) in [4.78, 5) is 28.8. The molecule has 0 N–H and O–H groups in total. The number of rotatable bonds is 6. The molecule has 2 fully saturated rings. The van der Waals surface area contributed by atoms with Gasteiger partial charge in [-0.25, -0.2) is 0 Å². The highest BCUT2D eigenvalue weighted by atomic mass is 32.2. The van der Waals surface area contributed by atoms with Crippen molar-refractivity contribution in [3.63, 3.8) is 0 Å². The zero-order chi connectivity index (χ0) is 18.7. The van der Waals surface area contributed by atoms with E-state index in [-0.39, 0.29) is 18.2 Å². The smallest absolute Gasteiger partial charge is 0.313 e. The maximum absolute atomic E-state index is 12.2. The van der Waals surface area contributed by atoms with Crippen LogP contribution in [0.1, 0.15) is 56.1 Å². The van der Waals surface area contributed by atoms with Gasteiger partial charge in [0.25, 0.3) is 0 Å². The second-order valence-electron chi connectivity index (χ2n) is 8.03. The Kier molecular flexibility index (Phi) is 5.67. The molecule has 0 amide bonds. The molecule has 4 nitrogen and oxygen atoms in total. The molecule has 4 rings (SSSR count). The largest absolute Gasteiger partial charge is 0.458 e. The van der Waals surface area contributed by atoms with Gasteiger partial charge in [-0.2, -0.15) is 0 Å². The second-order valence-corrected chi connectivity index (χ2v) is 9.20. The fourth-order valence-corrected chi connectivity index (χ4v) is 5.66. The van der Waals surface area contributed by atoms with Crippen LogP contribution in [-0.2, 0) is 27.2 Å². The van der Waals surface area contributed by atoms with Crippen molar-refractivity contribution < 1.29 is 14.3 Å². The summed E-state index contributed by atoms with van der Waals surface area (Å²) in [5.41, 5.74) is 1.96. The first kappa shape index (κ1) is 18.7. The maximum Gasteiger partial charge on any atom is 0.313 e. The number of carbonyl (C=O) groups is 2. The molecule has 0 aromatic heterocycles. The Balaban J connectivity index is 1.47. The number of hydrogen-bond donors (Lipinski definition) is 0. The van der Waals surface area contributed by atoms with Crippen LogP contribution in [-0.4, -0.2) is 34.7 Å². The molecule has 1 saturated carbocycles. The van der Waals surface area contributed by atoms with Crippen LogP contribution < -0.4 is 0 Å². The van der Waals surface area contributed by atoms with E-state index in [1.165, 1.54) is 29.0 Å². The fraction of sp³-hybridized carbons (Fsp3) is 0.591. The minimum Gasteiger partial charge on any atom is -0.458 e. The number of Topliss-reactive ketones (excluding diaryl/α,β-unsaturated/α-hetero) is 1. The molecule has 27 heavy (non-hydrogen) atoms. The van der Waals surface area contributed by atoms with Gasteiger partial charge in [0.1, 0.15) is 17.8 Å². The zero-order valence-electron chi connectivity index (χ0n) is 15.7. The van der Waals surface area contributed by atoms with Crippen LogP contribution in [0.15, 0.2) is 29.3 Å². The third kappa shape index (κ3) is 4.45. The molecule has 0 bridgehead atoms. The van der Waals surface area contributed by atoms with Crippen molar-refractivity contribution in [1.29, 1.82) is 0 Å². The molecule has 0 spiro atoms. The number of thioether (sulfide) groups is 1. The van der Waals surface area contributed by atoms with Gasteiger partial charge in [0.2, 0.25) is 0 Å². The summed E-state index contributed by atoms with van der Waals surface area (Å²) >= 11 is 1.85. The van der Waals surface area contributed by atoms with Gasteiger partial charge < -0.3 is 4.74 Å². The van der Waals surface area contributed by atoms with Crippen LogP contribution in [0, 0.1) is 5.92 Å². The topological polar surface area (TPSA) is 55.7 Å². The fourth-order valence-electron chi connectivity index (χ4n) is 4.79. The Labute approximate surface area is 165 Å². The minimum atomic E-state index is -0.579. The molecule has 1 aromatic carbocycles. The molecule has 1 aliphatic carbocycles. The summed E-state index contributed by atoms with van der Waals surface area (Å²) < 4.78 is 5.91. The number of aryl methyl sites for hydroxylation is 1. The lowest BCUT2D eigenvalue weighted by molar-refractivity contribution is -0.178. The number of benzene rings is 1. The van der Waals surface area contributed by atoms with E-state index in [1.807, 2.05) is 11.8 Å². The van der Waals surface area contributed by atoms with E-state index in [4.69, 9.17) is 4.74 Å². The summed E-state index contributed by atoms with van der Waals surface area (Å²) in [6.07, 6.45) is 7.31. The number of aliphatic imine (C=N–C) groups is 1. The van der Waals surface area contributed by atoms with Crippen LogP contribution in [0.5, 0.6) is 0 Å². The van der Waals surface area contributed by atoms with Crippen molar-refractivity contribution in [2.45, 2.75) is 63.4 Å². The van der Waals surface area contributed by atoms with Crippen molar-refractivity contribution in [1.82, 2.24) is 0 Å². The Morgan fingerprint density at radius 3 is 2.74 bits per heavy atom. The number of hydrogen-bond acceptors (Lipinski definition) is 5. The van der Waals surface area contributed by atoms with Crippen LogP contribution >= 0.6 is 11.8 Å². The van der Waals surface area contributed by atoms with E-state index in [9.17, 15) is 9.59 Å². The van der Waals surface area contributed by atoms with E-state index in [0.29, 0.717) is 12.3 Å². The van der Waals surface area contributed by atoms with Gasteiger partial charge in [0.15, 0.2) is 0 Å². The molecule has 1 aromatic rings. The summed E-state index contributed by atoms with van der Waals surface area (Å²) in [7, 11) is 0. The third-order valence-electron chi connectivity index (χ3n) is 6.09. The Bertz CT molecular complexity index is 736. The normalized spacial score (nSPS) is 26.3. The summed E-state index contributed by atoms with van der Waals surface area (Å²) in [5, 5.41) is 1.22. The van der Waals surface area contributed by atoms with Crippen LogP contribution in [0.2, 0.25) is 0 Å². The standard InChI is InChI=1S/C22H27NO3S/c24-19-14-21(25)26-22(15-19,18-6-1-2-7-18)9-8-16-4-3-5-17(12-16)13-20-23-10-11-27-20/h3-5,12,18H,1-2,6-11,13-15H2. The van der Waals surface area contributed by atoms with E-state index in [1.54, 1.807) is 0 Å². The van der Waals surface area contributed by atoms with Crippen molar-refractivity contribution in [2.75, 3.05) is 12.3 Å². The van der Waals surface area contributed by atoms with Crippen molar-refractivity contribution in [3.05, 3.63) is 35.4 Å². The molecule has 2 heterocycles. The Morgan fingerprint density at radius 1 is 1.19 bits per heavy atom. The number of carbonyl (C=O) groups excluding carboxylic acids is 2. The average molecular weight is 386 g/mol. The minimum absolute atomic E-state index is 0.0446. The molecular formula is C22H27NO3S. The summed E-state index contributed by atoms with van der Waals surface area (Å²) in [5.74, 6) is 1.14. The van der Waals surface area contributed by atoms with E-state index < -0.39 is 5.60 Å². The lowest BCUT2D eigenvalue weighted by Crippen LogP contribution is -2.48. The van der Waals surface area contributed by atoms with E-state index in [2.05, 4.69) is 29.3 Å². The molecular weight excluding hydrogens is 358 g/mol. The first-order chi connectivity index (χ1) is 13.1. The van der Waals surface area contributed by atoms with Gasteiger partial charge in [-0.1, -0.05) is 37.1 Å². The van der Waals surface area contributed by atoms with E-state index in [0.717, 1.165) is 44.4 Å². The number of ether oxygens (including phenoxy) is 1. The highest BCUT2D eigenvalue weighted by Gasteiger charge is 2.47. The van der Waals surface area contributed by atoms with Gasteiger partial charge in [0, 0.05) is 25.1 Å². The number of ketones is 1. The SMILES string of the molecule is O=C1CC(=O)OC(CCc2cccc(CC3=NCCS3)c2)(C2CCCC2)C1. The lowest BCUT2D eigenvalue weighted by Gasteiger charge is -2.41. The van der Waals surface area contributed by atoms with Gasteiger partial charge in [-0.3, -0.25) is 14.6 Å². The van der Waals surface area contributed by atoms with Crippen LogP contribution in [0.25, 0.3) is 0 Å². The van der Waals surface area contributed by atoms with Gasteiger partial charge in [0.05, 0.1) is 5.04 Å². The first-order valence-electron chi connectivity index (χ1n) is 10.1. The first-order valence-corrected chi connectivity index (χ1v) is 11.1. The van der Waals surface area contributed by atoms with Crippen molar-refractivity contribution in [3.8, 4) is 0 Å². The van der Waals surface area contributed by atoms with Crippen molar-refractivity contribution >= 4 is 28.6 Å². The third-order valence-corrected chi connectivity index (χ3v) is 7.08. The molecule has 1 atom stereocenters. The number of nitrogens with zero attached hydrogens (tertiary/aromatic N) is 1. The number of cyclic esters (lactones) is 1. The van der Waals surface area contributed by atoms with E-state index >= 15 is 0 Å². The van der Waals surface area contributed by atoms with Gasteiger partial charge >= 0.3 is 5.97 Å². The quantitative estimate of drug-likeness (QED) is 0.545. The lowest BCUT2D eigenvalue weighted by atomic mass is 9.76. The predicted molar refractivity (Wildman–Crippen MR) is 108 cm³/mol. The summed E-state index contributed by atoms with van der Waals surface area (Å²) in [6.45, 7) is 0.934. The molecule has 3 aliphatic rings. The molecule has 1 saturated heterocycles. The molecule has 5 heteroatoms. The Hall–Kier alpha value is -1.62. The monoisotopic (exact) mass is 385 g/mol. The second kappa shape index (κ2) is 8.17. The summed E-state index contributed by atoms with van der Waals surface area (Å²) in [6, 6.07) is 8.64. The Morgan fingerprint density at radius 2 is 2.00 bits per heavy atom. The highest BCUT2D eigenvalue weighted by molar-refractivity contribution is 8.14.